The van der Waals surface area contributed by atoms with E-state index in [1.54, 1.807) is 23.7 Å². The lowest BCUT2D eigenvalue weighted by Gasteiger charge is -2.10. The van der Waals surface area contributed by atoms with E-state index in [0.717, 1.165) is 24.2 Å². The zero-order valence-corrected chi connectivity index (χ0v) is 12.4. The highest BCUT2D eigenvalue weighted by Gasteiger charge is 2.20. The van der Waals surface area contributed by atoms with Gasteiger partial charge in [0.1, 0.15) is 5.69 Å². The quantitative estimate of drug-likeness (QED) is 0.677. The average Bonchev–Trinajstić information content (AvgIpc) is 2.89. The van der Waals surface area contributed by atoms with Crippen LogP contribution in [0.1, 0.15) is 43.8 Å². The molecule has 6 heteroatoms. The van der Waals surface area contributed by atoms with Crippen molar-refractivity contribution in [2.24, 2.45) is 0 Å². The van der Waals surface area contributed by atoms with Crippen molar-refractivity contribution in [3.8, 4) is 5.69 Å². The molecule has 0 unspecified atom stereocenters. The highest BCUT2D eigenvalue weighted by Crippen LogP contribution is 2.28. The molecule has 1 N–H and O–H groups in total. The summed E-state index contributed by atoms with van der Waals surface area (Å²) in [6.45, 7) is 5.57. The molecular weight excluding hydrogens is 270 g/mol. The van der Waals surface area contributed by atoms with Gasteiger partial charge in [0.05, 0.1) is 16.7 Å². The largest absolute Gasteiger partial charge is 0.389 e. The van der Waals surface area contributed by atoms with Gasteiger partial charge in [-0.25, -0.2) is 4.68 Å². The van der Waals surface area contributed by atoms with Crippen LogP contribution in [-0.2, 0) is 12.8 Å². The van der Waals surface area contributed by atoms with Crippen LogP contribution in [0.25, 0.3) is 5.69 Å². The van der Waals surface area contributed by atoms with E-state index in [2.05, 4.69) is 5.10 Å². The van der Waals surface area contributed by atoms with Crippen LogP contribution in [-0.4, -0.2) is 19.8 Å². The molecule has 2 aromatic rings. The molecule has 0 aliphatic heterocycles. The van der Waals surface area contributed by atoms with Crippen molar-refractivity contribution in [3.05, 3.63) is 51.3 Å². The van der Waals surface area contributed by atoms with Crippen LogP contribution in [0.3, 0.4) is 0 Å². The fourth-order valence-corrected chi connectivity index (χ4v) is 2.23. The van der Waals surface area contributed by atoms with Gasteiger partial charge in [0.2, 0.25) is 0 Å². The molecule has 112 valence electrons. The van der Waals surface area contributed by atoms with E-state index in [1.165, 1.54) is 6.07 Å². The molecule has 1 aromatic carbocycles. The predicted molar refractivity (Wildman–Crippen MR) is 79.6 cm³/mol. The van der Waals surface area contributed by atoms with Gasteiger partial charge in [-0.2, -0.15) is 5.10 Å². The van der Waals surface area contributed by atoms with E-state index in [4.69, 9.17) is 0 Å². The van der Waals surface area contributed by atoms with E-state index in [0.29, 0.717) is 11.3 Å². The zero-order chi connectivity index (χ0) is 15.6. The number of nitrogens with zero attached hydrogens (tertiary/aromatic N) is 3. The molecule has 0 saturated carbocycles. The van der Waals surface area contributed by atoms with Gasteiger partial charge < -0.3 is 5.11 Å². The lowest BCUT2D eigenvalue weighted by molar-refractivity contribution is -0.384. The van der Waals surface area contributed by atoms with E-state index in [-0.39, 0.29) is 5.69 Å². The van der Waals surface area contributed by atoms with Crippen molar-refractivity contribution in [2.75, 3.05) is 0 Å². The van der Waals surface area contributed by atoms with Crippen molar-refractivity contribution in [1.29, 1.82) is 0 Å². The molecule has 1 atom stereocenters. The second kappa shape index (κ2) is 6.05. The Kier molecular flexibility index (Phi) is 4.37. The summed E-state index contributed by atoms with van der Waals surface area (Å²) in [7, 11) is 0. The fourth-order valence-electron chi connectivity index (χ4n) is 2.23. The van der Waals surface area contributed by atoms with Gasteiger partial charge in [0.25, 0.3) is 5.69 Å². The maximum absolute atomic E-state index is 11.3. The highest BCUT2D eigenvalue weighted by molar-refractivity contribution is 5.55. The van der Waals surface area contributed by atoms with Crippen molar-refractivity contribution >= 4 is 5.69 Å². The van der Waals surface area contributed by atoms with Gasteiger partial charge in [-0.05, 0) is 37.5 Å². The normalized spacial score (nSPS) is 12.4. The van der Waals surface area contributed by atoms with Crippen LogP contribution in [0.4, 0.5) is 5.69 Å². The number of aliphatic hydroxyl groups is 1. The van der Waals surface area contributed by atoms with Crippen LogP contribution in [0.2, 0.25) is 0 Å². The van der Waals surface area contributed by atoms with Crippen LogP contribution in [0.5, 0.6) is 0 Å². The third kappa shape index (κ3) is 2.95. The second-order valence-electron chi connectivity index (χ2n) is 4.93. The van der Waals surface area contributed by atoms with Gasteiger partial charge in [0, 0.05) is 11.8 Å². The third-order valence-electron chi connectivity index (χ3n) is 3.46. The number of benzene rings is 1. The Morgan fingerprint density at radius 2 is 2.05 bits per heavy atom. The Morgan fingerprint density at radius 3 is 2.57 bits per heavy atom. The Morgan fingerprint density at radius 1 is 1.33 bits per heavy atom. The average molecular weight is 289 g/mol. The SMILES string of the molecule is CCc1cc(CC)n(-c2ccc([C@H](C)O)cc2[N+](=O)[O-])n1. The molecule has 0 spiro atoms. The Labute approximate surface area is 123 Å². The van der Waals surface area contributed by atoms with Crippen molar-refractivity contribution in [3.63, 3.8) is 0 Å². The minimum Gasteiger partial charge on any atom is -0.389 e. The summed E-state index contributed by atoms with van der Waals surface area (Å²) in [5, 5.41) is 25.4. The Balaban J connectivity index is 2.63. The monoisotopic (exact) mass is 289 g/mol. The highest BCUT2D eigenvalue weighted by atomic mass is 16.6. The van der Waals surface area contributed by atoms with Gasteiger partial charge in [-0.3, -0.25) is 10.1 Å². The first kappa shape index (κ1) is 15.2. The van der Waals surface area contributed by atoms with E-state index in [1.807, 2.05) is 19.9 Å². The lowest BCUT2D eigenvalue weighted by atomic mass is 10.1. The number of aromatic nitrogens is 2. The number of rotatable bonds is 5. The molecule has 1 aromatic heterocycles. The number of hydrogen-bond acceptors (Lipinski definition) is 4. The number of hydrogen-bond donors (Lipinski definition) is 1. The Bertz CT molecular complexity index is 662. The number of nitro groups is 1. The first-order valence-corrected chi connectivity index (χ1v) is 7.02. The molecule has 1 heterocycles. The van der Waals surface area contributed by atoms with Crippen LogP contribution in [0.15, 0.2) is 24.3 Å². The van der Waals surface area contributed by atoms with Crippen LogP contribution >= 0.6 is 0 Å². The first-order valence-electron chi connectivity index (χ1n) is 7.02. The summed E-state index contributed by atoms with van der Waals surface area (Å²) in [5.41, 5.74) is 2.74. The fraction of sp³-hybridized carbons (Fsp3) is 0.400. The standard InChI is InChI=1S/C15H19N3O3/c1-4-12-9-13(5-2)17(16-12)14-7-6-11(10(3)19)8-15(14)18(20)21/h6-10,19H,4-5H2,1-3H3/t10-/m0/s1. The topological polar surface area (TPSA) is 81.2 Å². The zero-order valence-electron chi connectivity index (χ0n) is 12.4. The predicted octanol–water partition coefficient (Wildman–Crippen LogP) is 2.96. The summed E-state index contributed by atoms with van der Waals surface area (Å²) in [6, 6.07) is 6.71. The van der Waals surface area contributed by atoms with Crippen molar-refractivity contribution in [2.45, 2.75) is 39.7 Å². The minimum atomic E-state index is -0.743. The first-order chi connectivity index (χ1) is 9.97. The minimum absolute atomic E-state index is 0.0474. The van der Waals surface area contributed by atoms with Gasteiger partial charge in [-0.1, -0.05) is 19.9 Å². The molecule has 0 amide bonds. The van der Waals surface area contributed by atoms with Gasteiger partial charge >= 0.3 is 0 Å². The molecule has 0 saturated heterocycles. The number of aliphatic hydroxyl groups excluding tert-OH is 1. The molecule has 0 bridgehead atoms. The number of aryl methyl sites for hydroxylation is 2. The lowest BCUT2D eigenvalue weighted by Crippen LogP contribution is -2.06. The molecule has 0 aliphatic rings. The van der Waals surface area contributed by atoms with E-state index in [9.17, 15) is 15.2 Å². The second-order valence-corrected chi connectivity index (χ2v) is 4.93. The van der Waals surface area contributed by atoms with Crippen molar-refractivity contribution in [1.82, 2.24) is 9.78 Å². The van der Waals surface area contributed by atoms with Crippen LogP contribution < -0.4 is 0 Å². The van der Waals surface area contributed by atoms with Crippen LogP contribution in [0, 0.1) is 10.1 Å². The smallest absolute Gasteiger partial charge is 0.295 e. The molecule has 6 nitrogen and oxygen atoms in total. The van der Waals surface area contributed by atoms with Crippen molar-refractivity contribution < 1.29 is 10.0 Å². The van der Waals surface area contributed by atoms with E-state index >= 15 is 0 Å². The molecule has 0 aliphatic carbocycles. The summed E-state index contributed by atoms with van der Waals surface area (Å²) in [4.78, 5) is 10.9. The maximum atomic E-state index is 11.3. The summed E-state index contributed by atoms with van der Waals surface area (Å²) < 4.78 is 1.63. The molecular formula is C15H19N3O3. The molecule has 21 heavy (non-hydrogen) atoms. The van der Waals surface area contributed by atoms with Gasteiger partial charge in [0.15, 0.2) is 0 Å². The van der Waals surface area contributed by atoms with Gasteiger partial charge in [-0.15, -0.1) is 0 Å². The maximum Gasteiger partial charge on any atom is 0.295 e. The third-order valence-corrected chi connectivity index (χ3v) is 3.46. The van der Waals surface area contributed by atoms with E-state index < -0.39 is 11.0 Å². The molecule has 2 rings (SSSR count). The summed E-state index contributed by atoms with van der Waals surface area (Å²) >= 11 is 0. The summed E-state index contributed by atoms with van der Waals surface area (Å²) in [5.74, 6) is 0. The molecule has 0 fully saturated rings. The Hall–Kier alpha value is -2.21. The number of nitro benzene ring substituents is 1. The summed E-state index contributed by atoms with van der Waals surface area (Å²) in [6.07, 6.45) is 0.772. The molecule has 0 radical (unpaired) electrons.